The molecule has 0 aromatic heterocycles. The summed E-state index contributed by atoms with van der Waals surface area (Å²) >= 11 is 0. The second-order valence-corrected chi connectivity index (χ2v) is 15.3. The fourth-order valence-corrected chi connectivity index (χ4v) is 11.9. The standard InChI is InChI=1S/C30H46N2O2/c1-19-23-9-21-11-27(19,3)17-29(13-21,15-23)25(33)31-7-5-6-8-32(31)26(34)30-14-22-10-24(16-30)20(2)28(4,12-22)18-30/h19-24H,5-18H2,1-4H3. The average molecular weight is 467 g/mol. The molecule has 9 fully saturated rings. The van der Waals surface area contributed by atoms with Crippen LogP contribution in [0, 0.1) is 57.2 Å². The molecule has 2 amide bonds. The van der Waals surface area contributed by atoms with Gasteiger partial charge >= 0.3 is 0 Å². The van der Waals surface area contributed by atoms with Gasteiger partial charge in [-0.05, 0) is 123 Å². The van der Waals surface area contributed by atoms with Gasteiger partial charge in [-0.25, -0.2) is 0 Å². The predicted molar refractivity (Wildman–Crippen MR) is 132 cm³/mol. The molecule has 8 bridgehead atoms. The maximum Gasteiger partial charge on any atom is 0.247 e. The number of hydrazine groups is 1. The van der Waals surface area contributed by atoms with Crippen LogP contribution in [0.25, 0.3) is 0 Å². The molecule has 0 N–H and O–H groups in total. The van der Waals surface area contributed by atoms with Crippen LogP contribution in [-0.2, 0) is 9.59 Å². The molecule has 1 heterocycles. The van der Waals surface area contributed by atoms with Crippen molar-refractivity contribution in [1.82, 2.24) is 10.0 Å². The van der Waals surface area contributed by atoms with Crippen molar-refractivity contribution in [2.75, 3.05) is 13.1 Å². The van der Waals surface area contributed by atoms with Crippen LogP contribution in [0.5, 0.6) is 0 Å². The smallest absolute Gasteiger partial charge is 0.247 e. The van der Waals surface area contributed by atoms with Gasteiger partial charge in [-0.2, -0.15) is 0 Å². The average Bonchev–Trinajstić information content (AvgIpc) is 2.78. The monoisotopic (exact) mass is 466 g/mol. The molecule has 10 unspecified atom stereocenters. The van der Waals surface area contributed by atoms with Crippen molar-refractivity contribution in [2.45, 2.75) is 105 Å². The first-order valence-electron chi connectivity index (χ1n) is 14.7. The van der Waals surface area contributed by atoms with Crippen LogP contribution in [0.2, 0.25) is 0 Å². The van der Waals surface area contributed by atoms with Crippen molar-refractivity contribution in [3.05, 3.63) is 0 Å². The van der Waals surface area contributed by atoms with E-state index in [1.165, 1.54) is 25.7 Å². The number of rotatable bonds is 2. The Morgan fingerprint density at radius 2 is 1.06 bits per heavy atom. The lowest BCUT2D eigenvalue weighted by Crippen LogP contribution is -2.67. The van der Waals surface area contributed by atoms with Crippen LogP contribution in [-0.4, -0.2) is 34.9 Å². The normalized spacial score (nSPS) is 55.2. The Kier molecular flexibility index (Phi) is 4.45. The van der Waals surface area contributed by atoms with E-state index in [4.69, 9.17) is 0 Å². The fourth-order valence-electron chi connectivity index (χ4n) is 11.9. The summed E-state index contributed by atoms with van der Waals surface area (Å²) in [7, 11) is 0. The Morgan fingerprint density at radius 1 is 0.647 bits per heavy atom. The first-order chi connectivity index (χ1) is 16.1. The van der Waals surface area contributed by atoms with E-state index >= 15 is 0 Å². The zero-order valence-electron chi connectivity index (χ0n) is 22.1. The molecular weight excluding hydrogens is 420 g/mol. The zero-order valence-corrected chi connectivity index (χ0v) is 22.1. The van der Waals surface area contributed by atoms with Crippen LogP contribution >= 0.6 is 0 Å². The van der Waals surface area contributed by atoms with Crippen LogP contribution in [0.15, 0.2) is 0 Å². The molecule has 1 aliphatic heterocycles. The van der Waals surface area contributed by atoms with Crippen LogP contribution < -0.4 is 0 Å². The molecule has 0 aromatic rings. The van der Waals surface area contributed by atoms with E-state index in [0.29, 0.717) is 34.5 Å². The molecule has 188 valence electrons. The lowest BCUT2D eigenvalue weighted by Gasteiger charge is -2.65. The van der Waals surface area contributed by atoms with E-state index in [0.717, 1.165) is 88.1 Å². The van der Waals surface area contributed by atoms with Gasteiger partial charge < -0.3 is 0 Å². The summed E-state index contributed by atoms with van der Waals surface area (Å²) in [5.41, 5.74) is 0.222. The van der Waals surface area contributed by atoms with Gasteiger partial charge in [0.1, 0.15) is 0 Å². The predicted octanol–water partition coefficient (Wildman–Crippen LogP) is 6.06. The molecule has 8 aliphatic carbocycles. The molecule has 4 nitrogen and oxygen atoms in total. The highest BCUT2D eigenvalue weighted by Crippen LogP contribution is 2.69. The lowest BCUT2D eigenvalue weighted by atomic mass is 9.41. The van der Waals surface area contributed by atoms with E-state index in [2.05, 4.69) is 27.7 Å². The van der Waals surface area contributed by atoms with Gasteiger partial charge in [0.15, 0.2) is 0 Å². The van der Waals surface area contributed by atoms with Gasteiger partial charge in [-0.15, -0.1) is 0 Å². The lowest BCUT2D eigenvalue weighted by molar-refractivity contribution is -0.210. The quantitative estimate of drug-likeness (QED) is 0.496. The topological polar surface area (TPSA) is 40.6 Å². The van der Waals surface area contributed by atoms with E-state index in [1.807, 2.05) is 10.0 Å². The largest absolute Gasteiger partial charge is 0.272 e. The summed E-state index contributed by atoms with van der Waals surface area (Å²) in [5, 5.41) is 4.05. The van der Waals surface area contributed by atoms with Gasteiger partial charge in [-0.3, -0.25) is 19.6 Å². The van der Waals surface area contributed by atoms with E-state index in [1.54, 1.807) is 0 Å². The molecule has 1 saturated heterocycles. The van der Waals surface area contributed by atoms with Gasteiger partial charge in [-0.1, -0.05) is 27.7 Å². The second-order valence-electron chi connectivity index (χ2n) is 15.3. The molecule has 0 radical (unpaired) electrons. The van der Waals surface area contributed by atoms with Crippen LogP contribution in [0.3, 0.4) is 0 Å². The number of nitrogens with zero attached hydrogens (tertiary/aromatic N) is 2. The minimum atomic E-state index is -0.203. The number of hydrogen-bond acceptors (Lipinski definition) is 2. The fraction of sp³-hybridized carbons (Fsp3) is 0.933. The summed E-state index contributed by atoms with van der Waals surface area (Å²) in [6, 6.07) is 0. The summed E-state index contributed by atoms with van der Waals surface area (Å²) in [6.45, 7) is 11.3. The van der Waals surface area contributed by atoms with E-state index in [-0.39, 0.29) is 10.8 Å². The van der Waals surface area contributed by atoms with Gasteiger partial charge in [0.05, 0.1) is 10.8 Å². The van der Waals surface area contributed by atoms with Crippen molar-refractivity contribution >= 4 is 11.8 Å². The summed E-state index contributed by atoms with van der Waals surface area (Å²) < 4.78 is 0. The van der Waals surface area contributed by atoms with Crippen molar-refractivity contribution in [3.8, 4) is 0 Å². The third-order valence-electron chi connectivity index (χ3n) is 13.2. The number of carbonyl (C=O) groups excluding carboxylic acids is 2. The van der Waals surface area contributed by atoms with Crippen LogP contribution in [0.1, 0.15) is 105 Å². The maximum absolute atomic E-state index is 14.5. The SMILES string of the molecule is CC1C2CC3CC(C(=O)N4CCCCN4C(=O)C45CC6CC(C4)C(C)C(C)(C6)C5)(C2)CC1(C)C3. The number of amides is 2. The Balaban J connectivity index is 1.19. The minimum absolute atomic E-state index is 0.203. The number of carbonyl (C=O) groups is 2. The minimum Gasteiger partial charge on any atom is -0.272 e. The number of hydrogen-bond donors (Lipinski definition) is 0. The molecule has 9 aliphatic rings. The molecule has 10 atom stereocenters. The van der Waals surface area contributed by atoms with Crippen molar-refractivity contribution in [1.29, 1.82) is 0 Å². The third kappa shape index (κ3) is 2.78. The Bertz CT molecular complexity index is 859. The van der Waals surface area contributed by atoms with E-state index < -0.39 is 0 Å². The highest BCUT2D eigenvalue weighted by Gasteiger charge is 2.65. The second kappa shape index (κ2) is 6.82. The molecular formula is C30H46N2O2. The first kappa shape index (κ1) is 22.2. The molecule has 0 aromatic carbocycles. The Morgan fingerprint density at radius 3 is 1.44 bits per heavy atom. The van der Waals surface area contributed by atoms with Gasteiger partial charge in [0.2, 0.25) is 11.8 Å². The highest BCUT2D eigenvalue weighted by atomic mass is 16.2. The summed E-state index contributed by atoms with van der Waals surface area (Å²) in [5.74, 6) is 4.97. The van der Waals surface area contributed by atoms with Crippen molar-refractivity contribution in [3.63, 3.8) is 0 Å². The van der Waals surface area contributed by atoms with Gasteiger partial charge in [0.25, 0.3) is 0 Å². The molecule has 9 rings (SSSR count). The Labute approximate surface area is 206 Å². The summed E-state index contributed by atoms with van der Waals surface area (Å²) in [6.07, 6.45) is 13.8. The zero-order chi connectivity index (χ0) is 23.7. The van der Waals surface area contributed by atoms with Gasteiger partial charge in [0, 0.05) is 13.1 Å². The van der Waals surface area contributed by atoms with Crippen LogP contribution in [0.4, 0.5) is 0 Å². The summed E-state index contributed by atoms with van der Waals surface area (Å²) in [4.78, 5) is 29.0. The molecule has 34 heavy (non-hydrogen) atoms. The molecule has 8 saturated carbocycles. The Hall–Kier alpha value is -1.06. The third-order valence-corrected chi connectivity index (χ3v) is 13.2. The van der Waals surface area contributed by atoms with E-state index in [9.17, 15) is 9.59 Å². The van der Waals surface area contributed by atoms with Crippen molar-refractivity contribution < 1.29 is 9.59 Å². The first-order valence-corrected chi connectivity index (χ1v) is 14.7. The van der Waals surface area contributed by atoms with Crippen molar-refractivity contribution in [2.24, 2.45) is 57.2 Å². The highest BCUT2D eigenvalue weighted by molar-refractivity contribution is 5.89. The molecule has 0 spiro atoms. The maximum atomic E-state index is 14.5. The molecule has 4 heteroatoms.